The summed E-state index contributed by atoms with van der Waals surface area (Å²) in [5.74, 6) is 0.230. The predicted molar refractivity (Wildman–Crippen MR) is 216 cm³/mol. The largest absolute Gasteiger partial charge is 0.488 e. The van der Waals surface area contributed by atoms with Crippen LogP contribution >= 0.6 is 0 Å². The van der Waals surface area contributed by atoms with Gasteiger partial charge in [-0.2, -0.15) is 5.10 Å². The second-order valence-corrected chi connectivity index (χ2v) is 18.4. The lowest BCUT2D eigenvalue weighted by Crippen LogP contribution is -2.62. The van der Waals surface area contributed by atoms with Crippen LogP contribution in [0.15, 0.2) is 42.7 Å². The van der Waals surface area contributed by atoms with E-state index >= 15 is 4.39 Å². The van der Waals surface area contributed by atoms with E-state index in [0.717, 1.165) is 124 Å². The lowest BCUT2D eigenvalue weighted by Gasteiger charge is -2.57. The van der Waals surface area contributed by atoms with E-state index in [9.17, 15) is 14.4 Å². The number of ether oxygens (including phenoxy) is 2. The lowest BCUT2D eigenvalue weighted by atomic mass is 9.71. The van der Waals surface area contributed by atoms with Gasteiger partial charge in [0, 0.05) is 66.6 Å². The normalized spacial score (nSPS) is 26.5. The minimum absolute atomic E-state index is 0.0473. The smallest absolute Gasteiger partial charge is 0.255 e. The molecule has 7 heterocycles. The summed E-state index contributed by atoms with van der Waals surface area (Å²) < 4.78 is 28.8. The average Bonchev–Trinajstić information content (AvgIpc) is 3.63. The fourth-order valence-electron chi connectivity index (χ4n) is 10.4. The van der Waals surface area contributed by atoms with Crippen LogP contribution in [0.25, 0.3) is 22.3 Å². The summed E-state index contributed by atoms with van der Waals surface area (Å²) in [6.07, 6.45) is 11.1. The van der Waals surface area contributed by atoms with Crippen molar-refractivity contribution in [2.75, 3.05) is 49.1 Å². The molecule has 59 heavy (non-hydrogen) atoms. The molecule has 1 atom stereocenters. The number of likely N-dealkylation sites (tertiary alicyclic amines) is 1. The Labute approximate surface area is 341 Å². The first-order chi connectivity index (χ1) is 28.6. The number of carbonyl (C=O) groups excluding carboxylic acids is 3. The second-order valence-electron chi connectivity index (χ2n) is 18.4. The van der Waals surface area contributed by atoms with Crippen LogP contribution in [0.1, 0.15) is 87.1 Å². The van der Waals surface area contributed by atoms with Gasteiger partial charge < -0.3 is 29.1 Å². The van der Waals surface area contributed by atoms with Crippen LogP contribution in [0.3, 0.4) is 0 Å². The molecule has 2 aromatic carbocycles. The number of hydrogen-bond acceptors (Lipinski definition) is 11. The van der Waals surface area contributed by atoms with E-state index < -0.39 is 11.9 Å². The first kappa shape index (κ1) is 36.9. The highest BCUT2D eigenvalue weighted by atomic mass is 19.1. The molecular weight excluding hydrogens is 754 g/mol. The number of rotatable bonds is 9. The third-order valence-corrected chi connectivity index (χ3v) is 14.4. The number of nitrogens with one attached hydrogen (secondary N) is 2. The molecule has 3 amide bonds. The summed E-state index contributed by atoms with van der Waals surface area (Å²) in [5, 5.41) is 11.1. The SMILES string of the molecule is CC1(Oc2ccc3[nH]nc(-c4cc(N5CCC(OC6CC(N7CCC8(CC7)CN(c7ccc9c(c7F)CN(C7CCC(=O)NC7=O)C9=O)C8)C6)CC5)ncn4)c3c2)CC1. The summed E-state index contributed by atoms with van der Waals surface area (Å²) in [6.45, 7) is 7.68. The maximum Gasteiger partial charge on any atom is 0.255 e. The number of imide groups is 1. The Morgan fingerprint density at radius 2 is 1.68 bits per heavy atom. The highest BCUT2D eigenvalue weighted by Crippen LogP contribution is 2.46. The molecule has 5 aliphatic heterocycles. The lowest BCUT2D eigenvalue weighted by molar-refractivity contribution is -0.136. The Balaban J connectivity index is 0.632. The summed E-state index contributed by atoms with van der Waals surface area (Å²) >= 11 is 0. The van der Waals surface area contributed by atoms with Crippen molar-refractivity contribution in [2.45, 2.75) is 108 Å². The van der Waals surface area contributed by atoms with Crippen LogP contribution in [-0.2, 0) is 20.9 Å². The topological polar surface area (TPSA) is 149 Å². The molecule has 14 nitrogen and oxygen atoms in total. The zero-order valence-corrected chi connectivity index (χ0v) is 33.4. The van der Waals surface area contributed by atoms with Gasteiger partial charge in [0.05, 0.1) is 35.7 Å². The van der Waals surface area contributed by atoms with Gasteiger partial charge >= 0.3 is 0 Å². The molecule has 1 unspecified atom stereocenters. The summed E-state index contributed by atoms with van der Waals surface area (Å²) in [6, 6.07) is 11.3. The minimum atomic E-state index is -0.754. The van der Waals surface area contributed by atoms with Gasteiger partial charge in [0.1, 0.15) is 35.2 Å². The number of piperidine rings is 3. The molecule has 15 heteroatoms. The quantitative estimate of drug-likeness (QED) is 0.221. The number of anilines is 2. The Morgan fingerprint density at radius 3 is 2.44 bits per heavy atom. The second kappa shape index (κ2) is 14.0. The van der Waals surface area contributed by atoms with Gasteiger partial charge in [0.2, 0.25) is 11.8 Å². The summed E-state index contributed by atoms with van der Waals surface area (Å²) in [5.41, 5.74) is 3.88. The van der Waals surface area contributed by atoms with Crippen LogP contribution in [0.2, 0.25) is 0 Å². The number of aromatic nitrogens is 4. The van der Waals surface area contributed by atoms with Crippen molar-refractivity contribution in [2.24, 2.45) is 5.41 Å². The molecule has 2 N–H and O–H groups in total. The number of H-pyrrole nitrogens is 1. The first-order valence-electron chi connectivity index (χ1n) is 21.4. The van der Waals surface area contributed by atoms with Crippen molar-refractivity contribution in [3.63, 3.8) is 0 Å². The van der Waals surface area contributed by atoms with E-state index in [-0.39, 0.29) is 54.1 Å². The van der Waals surface area contributed by atoms with Gasteiger partial charge in [-0.25, -0.2) is 14.4 Å². The number of benzene rings is 2. The Hall–Kier alpha value is -5.15. The molecule has 2 saturated carbocycles. The monoisotopic (exact) mass is 803 g/mol. The summed E-state index contributed by atoms with van der Waals surface area (Å²) in [7, 11) is 0. The van der Waals surface area contributed by atoms with Crippen LogP contribution < -0.4 is 19.9 Å². The van der Waals surface area contributed by atoms with Crippen molar-refractivity contribution in [1.29, 1.82) is 0 Å². The molecule has 7 aliphatic rings. The zero-order valence-electron chi connectivity index (χ0n) is 33.4. The minimum Gasteiger partial charge on any atom is -0.488 e. The van der Waals surface area contributed by atoms with Crippen LogP contribution in [0, 0.1) is 11.2 Å². The van der Waals surface area contributed by atoms with Crippen molar-refractivity contribution in [3.8, 4) is 17.1 Å². The number of fused-ring (bicyclic) bond motifs is 2. The highest BCUT2D eigenvalue weighted by Gasteiger charge is 2.49. The highest BCUT2D eigenvalue weighted by molar-refractivity contribution is 6.05. The standard InChI is InChI=1S/C44H50FN9O5/c1-43(10-11-43)59-28-2-4-33-31(20-28)40(50-49-33)34-21-37(47-25-46-34)52-14-8-27(9-15-52)58-29-18-26(19-29)51-16-12-44(13-17-51)23-53(24-44)35-5-3-30-32(39(35)45)22-54(42(30)57)36-6-7-38(55)48-41(36)56/h2-5,20-21,25-27,29,36H,6-19,22-24H2,1H3,(H,49,50)(H,48,55,56). The molecule has 0 radical (unpaired) electrons. The van der Waals surface area contributed by atoms with Gasteiger partial charge in [-0.1, -0.05) is 0 Å². The van der Waals surface area contributed by atoms with Gasteiger partial charge in [-0.05, 0) is 108 Å². The van der Waals surface area contributed by atoms with E-state index in [0.29, 0.717) is 29.0 Å². The molecule has 308 valence electrons. The molecular formula is C44H50FN9O5. The number of aromatic amines is 1. The van der Waals surface area contributed by atoms with Gasteiger partial charge in [-0.3, -0.25) is 24.8 Å². The molecule has 2 aliphatic carbocycles. The van der Waals surface area contributed by atoms with E-state index in [1.807, 2.05) is 18.2 Å². The van der Waals surface area contributed by atoms with Crippen molar-refractivity contribution < 1.29 is 28.2 Å². The van der Waals surface area contributed by atoms with Crippen molar-refractivity contribution in [3.05, 3.63) is 59.7 Å². The van der Waals surface area contributed by atoms with E-state index in [2.05, 4.69) is 53.2 Å². The fraction of sp³-hybridized carbons (Fsp3) is 0.545. The molecule has 1 spiro atoms. The molecule has 11 rings (SSSR count). The van der Waals surface area contributed by atoms with Gasteiger partial charge in [0.25, 0.3) is 5.91 Å². The number of halogens is 1. The molecule has 6 fully saturated rings. The maximum atomic E-state index is 15.9. The molecule has 0 bridgehead atoms. The first-order valence-corrected chi connectivity index (χ1v) is 21.4. The Morgan fingerprint density at radius 1 is 0.881 bits per heavy atom. The number of hydrogen-bond donors (Lipinski definition) is 2. The third kappa shape index (κ3) is 6.70. The number of carbonyl (C=O) groups is 3. The predicted octanol–water partition coefficient (Wildman–Crippen LogP) is 4.97. The van der Waals surface area contributed by atoms with Gasteiger partial charge in [-0.15, -0.1) is 0 Å². The van der Waals surface area contributed by atoms with E-state index in [1.165, 1.54) is 4.90 Å². The molecule has 4 aromatic rings. The Bertz CT molecular complexity index is 2340. The molecule has 4 saturated heterocycles. The van der Waals surface area contributed by atoms with Crippen molar-refractivity contribution in [1.82, 2.24) is 35.3 Å². The third-order valence-electron chi connectivity index (χ3n) is 14.4. The molecule has 2 aromatic heterocycles. The van der Waals surface area contributed by atoms with E-state index in [4.69, 9.17) is 9.47 Å². The van der Waals surface area contributed by atoms with Crippen molar-refractivity contribution >= 4 is 40.1 Å². The fourth-order valence-corrected chi connectivity index (χ4v) is 10.4. The average molecular weight is 804 g/mol. The Kier molecular flexibility index (Phi) is 8.74. The van der Waals surface area contributed by atoms with Gasteiger partial charge in [0.15, 0.2) is 5.82 Å². The van der Waals surface area contributed by atoms with Crippen LogP contribution in [-0.4, -0.2) is 117 Å². The van der Waals surface area contributed by atoms with Crippen LogP contribution in [0.4, 0.5) is 15.9 Å². The van der Waals surface area contributed by atoms with E-state index in [1.54, 1.807) is 18.5 Å². The summed E-state index contributed by atoms with van der Waals surface area (Å²) in [4.78, 5) is 54.9. The van der Waals surface area contributed by atoms with Crippen LogP contribution in [0.5, 0.6) is 5.75 Å². The zero-order chi connectivity index (χ0) is 40.0. The number of amides is 3. The number of nitrogens with zero attached hydrogens (tertiary/aromatic N) is 7. The maximum absolute atomic E-state index is 15.9.